The van der Waals surface area contributed by atoms with Gasteiger partial charge in [-0.05, 0) is 36.5 Å². The molecule has 1 fully saturated rings. The van der Waals surface area contributed by atoms with Crippen molar-refractivity contribution in [1.29, 1.82) is 0 Å². The predicted molar refractivity (Wildman–Crippen MR) is 69.2 cm³/mol. The summed E-state index contributed by atoms with van der Waals surface area (Å²) in [5, 5.41) is 0. The molecule has 2 N–H and O–H groups in total. The van der Waals surface area contributed by atoms with E-state index >= 15 is 0 Å². The molecule has 0 atom stereocenters. The highest BCUT2D eigenvalue weighted by atomic mass is 32.2. The van der Waals surface area contributed by atoms with E-state index in [0.29, 0.717) is 18.2 Å². The summed E-state index contributed by atoms with van der Waals surface area (Å²) in [5.74, 6) is 0.622. The van der Waals surface area contributed by atoms with Crippen LogP contribution in [-0.2, 0) is 16.6 Å². The molecular formula is C12H18N2O2S. The van der Waals surface area contributed by atoms with Gasteiger partial charge in [0.25, 0.3) is 0 Å². The Kier molecular flexibility index (Phi) is 3.40. The predicted octanol–water partition coefficient (Wildman–Crippen LogP) is 1.32. The third-order valence-corrected chi connectivity index (χ3v) is 5.01. The van der Waals surface area contributed by atoms with Crippen LogP contribution in [0.3, 0.4) is 0 Å². The summed E-state index contributed by atoms with van der Waals surface area (Å²) in [4.78, 5) is 0. The maximum Gasteiger partial charge on any atom is 0.235 e. The molecule has 0 aliphatic heterocycles. The quantitative estimate of drug-likeness (QED) is 0.862. The second kappa shape index (κ2) is 4.66. The Hall–Kier alpha value is -1.07. The average molecular weight is 254 g/mol. The molecular weight excluding hydrogens is 236 g/mol. The third-order valence-electron chi connectivity index (χ3n) is 3.07. The van der Waals surface area contributed by atoms with E-state index < -0.39 is 10.0 Å². The largest absolute Gasteiger partial charge is 0.326 e. The van der Waals surface area contributed by atoms with E-state index in [-0.39, 0.29) is 5.75 Å². The molecule has 0 saturated heterocycles. The van der Waals surface area contributed by atoms with Gasteiger partial charge < -0.3 is 5.73 Å². The monoisotopic (exact) mass is 254 g/mol. The zero-order chi connectivity index (χ0) is 12.5. The van der Waals surface area contributed by atoms with Gasteiger partial charge in [0.1, 0.15) is 0 Å². The van der Waals surface area contributed by atoms with E-state index in [1.165, 1.54) is 4.31 Å². The summed E-state index contributed by atoms with van der Waals surface area (Å²) in [5.41, 5.74) is 7.18. The van der Waals surface area contributed by atoms with Crippen molar-refractivity contribution in [2.75, 3.05) is 17.1 Å². The van der Waals surface area contributed by atoms with Gasteiger partial charge in [-0.3, -0.25) is 4.31 Å². The number of rotatable bonds is 5. The zero-order valence-corrected chi connectivity index (χ0v) is 10.8. The van der Waals surface area contributed by atoms with Crippen molar-refractivity contribution in [1.82, 2.24) is 0 Å². The Labute approximate surface area is 102 Å². The molecule has 4 nitrogen and oxygen atoms in total. The molecule has 2 rings (SSSR count). The van der Waals surface area contributed by atoms with Crippen molar-refractivity contribution in [3.05, 3.63) is 29.8 Å². The fourth-order valence-electron chi connectivity index (χ4n) is 1.73. The molecule has 5 heteroatoms. The third kappa shape index (κ3) is 2.98. The highest BCUT2D eigenvalue weighted by molar-refractivity contribution is 7.92. The highest BCUT2D eigenvalue weighted by Crippen LogP contribution is 2.32. The minimum atomic E-state index is -3.18. The number of nitrogens with two attached hydrogens (primary N) is 1. The van der Waals surface area contributed by atoms with Crippen molar-refractivity contribution in [2.24, 2.45) is 11.7 Å². The van der Waals surface area contributed by atoms with Gasteiger partial charge >= 0.3 is 0 Å². The molecule has 1 aliphatic carbocycles. The topological polar surface area (TPSA) is 63.4 Å². The van der Waals surface area contributed by atoms with Gasteiger partial charge in [0.05, 0.1) is 11.4 Å². The number of benzene rings is 1. The minimum Gasteiger partial charge on any atom is -0.326 e. The van der Waals surface area contributed by atoms with Crippen molar-refractivity contribution in [3.8, 4) is 0 Å². The van der Waals surface area contributed by atoms with Crippen LogP contribution in [0.1, 0.15) is 18.4 Å². The molecule has 0 radical (unpaired) electrons. The molecule has 0 bridgehead atoms. The van der Waals surface area contributed by atoms with E-state index in [4.69, 9.17) is 5.73 Å². The molecule has 0 unspecified atom stereocenters. The van der Waals surface area contributed by atoms with E-state index in [9.17, 15) is 8.42 Å². The van der Waals surface area contributed by atoms with Crippen LogP contribution in [0.5, 0.6) is 0 Å². The maximum atomic E-state index is 12.1. The fraction of sp³-hybridized carbons (Fsp3) is 0.500. The highest BCUT2D eigenvalue weighted by Gasteiger charge is 2.30. The number of anilines is 1. The molecule has 0 spiro atoms. The number of sulfonamides is 1. The lowest BCUT2D eigenvalue weighted by Crippen LogP contribution is -2.29. The van der Waals surface area contributed by atoms with Gasteiger partial charge in [0.15, 0.2) is 0 Å². The molecule has 0 amide bonds. The van der Waals surface area contributed by atoms with Crippen LogP contribution in [0.4, 0.5) is 5.69 Å². The molecule has 94 valence electrons. The summed E-state index contributed by atoms with van der Waals surface area (Å²) in [7, 11) is -1.58. The van der Waals surface area contributed by atoms with Crippen LogP contribution < -0.4 is 10.0 Å². The summed E-state index contributed by atoms with van der Waals surface area (Å²) in [6, 6.07) is 7.35. The Morgan fingerprint density at radius 1 is 1.41 bits per heavy atom. The lowest BCUT2D eigenvalue weighted by molar-refractivity contribution is 0.590. The molecule has 0 heterocycles. The van der Waals surface area contributed by atoms with Gasteiger partial charge in [-0.15, -0.1) is 0 Å². The van der Waals surface area contributed by atoms with Crippen molar-refractivity contribution >= 4 is 15.7 Å². The molecule has 0 aromatic heterocycles. The standard InChI is InChI=1S/C12H18N2O2S/c1-14(17(15,16)9-10-5-6-10)12-4-2-3-11(7-12)8-13/h2-4,7,10H,5-6,8-9,13H2,1H3. The SMILES string of the molecule is CN(c1cccc(CN)c1)S(=O)(=O)CC1CC1. The van der Waals surface area contributed by atoms with E-state index in [0.717, 1.165) is 18.4 Å². The average Bonchev–Trinajstić information content (AvgIpc) is 3.11. The Morgan fingerprint density at radius 3 is 2.71 bits per heavy atom. The van der Waals surface area contributed by atoms with E-state index in [2.05, 4.69) is 0 Å². The van der Waals surface area contributed by atoms with Gasteiger partial charge in [-0.25, -0.2) is 8.42 Å². The maximum absolute atomic E-state index is 12.1. The first-order chi connectivity index (χ1) is 8.03. The van der Waals surface area contributed by atoms with Crippen LogP contribution in [0, 0.1) is 5.92 Å². The summed E-state index contributed by atoms with van der Waals surface area (Å²) < 4.78 is 25.5. The number of hydrogen-bond acceptors (Lipinski definition) is 3. The van der Waals surface area contributed by atoms with Crippen LogP contribution in [0.25, 0.3) is 0 Å². The van der Waals surface area contributed by atoms with Crippen LogP contribution in [-0.4, -0.2) is 21.2 Å². The fourth-order valence-corrected chi connectivity index (χ4v) is 3.32. The van der Waals surface area contributed by atoms with E-state index in [1.54, 1.807) is 13.1 Å². The lowest BCUT2D eigenvalue weighted by Gasteiger charge is -2.19. The normalized spacial score (nSPS) is 15.9. The summed E-state index contributed by atoms with van der Waals surface area (Å²) in [6.07, 6.45) is 2.08. The van der Waals surface area contributed by atoms with Gasteiger partial charge in [0.2, 0.25) is 10.0 Å². The first-order valence-corrected chi connectivity index (χ1v) is 7.39. The Morgan fingerprint density at radius 2 is 2.12 bits per heavy atom. The van der Waals surface area contributed by atoms with Crippen LogP contribution in [0.2, 0.25) is 0 Å². The smallest absolute Gasteiger partial charge is 0.235 e. The molecule has 1 saturated carbocycles. The van der Waals surface area contributed by atoms with Gasteiger partial charge in [0, 0.05) is 13.6 Å². The molecule has 17 heavy (non-hydrogen) atoms. The second-order valence-corrected chi connectivity index (χ2v) is 6.61. The zero-order valence-electron chi connectivity index (χ0n) is 9.96. The van der Waals surface area contributed by atoms with Crippen LogP contribution >= 0.6 is 0 Å². The van der Waals surface area contributed by atoms with Crippen molar-refractivity contribution in [3.63, 3.8) is 0 Å². The number of nitrogens with zero attached hydrogens (tertiary/aromatic N) is 1. The molecule has 1 aromatic rings. The summed E-state index contributed by atoms with van der Waals surface area (Å²) in [6.45, 7) is 0.421. The lowest BCUT2D eigenvalue weighted by atomic mass is 10.2. The van der Waals surface area contributed by atoms with Crippen molar-refractivity contribution < 1.29 is 8.42 Å². The van der Waals surface area contributed by atoms with Crippen LogP contribution in [0.15, 0.2) is 24.3 Å². The molecule has 1 aromatic carbocycles. The van der Waals surface area contributed by atoms with Crippen molar-refractivity contribution in [2.45, 2.75) is 19.4 Å². The van der Waals surface area contributed by atoms with Gasteiger partial charge in [-0.2, -0.15) is 0 Å². The minimum absolute atomic E-state index is 0.260. The summed E-state index contributed by atoms with van der Waals surface area (Å²) >= 11 is 0. The van der Waals surface area contributed by atoms with Gasteiger partial charge in [-0.1, -0.05) is 12.1 Å². The Balaban J connectivity index is 2.19. The number of hydrogen-bond donors (Lipinski definition) is 1. The van der Waals surface area contributed by atoms with E-state index in [1.807, 2.05) is 18.2 Å². The first-order valence-electron chi connectivity index (χ1n) is 5.78. The first kappa shape index (κ1) is 12.4. The second-order valence-electron chi connectivity index (χ2n) is 4.56. The Bertz CT molecular complexity index is 495. The molecule has 1 aliphatic rings.